The Hall–Kier alpha value is -0.620. The van der Waals surface area contributed by atoms with E-state index >= 15 is 0 Å². The number of hydrogen-bond acceptors (Lipinski definition) is 5. The number of thioether (sulfide) groups is 1. The molecule has 1 aromatic heterocycles. The van der Waals surface area contributed by atoms with Crippen LogP contribution in [0.1, 0.15) is 31.5 Å². The standard InChI is InChI=1S/C9H17N5S/c1-15-9(4-2-3-5-9)7-14-8(6-10)11-12-13-14/h2-7,10H2,1H3. The second-order valence-corrected chi connectivity index (χ2v) is 5.33. The molecule has 1 aliphatic carbocycles. The number of aromatic nitrogens is 4. The Morgan fingerprint density at radius 3 is 2.80 bits per heavy atom. The van der Waals surface area contributed by atoms with E-state index in [1.807, 2.05) is 16.4 Å². The van der Waals surface area contributed by atoms with E-state index < -0.39 is 0 Å². The van der Waals surface area contributed by atoms with Crippen molar-refractivity contribution in [3.8, 4) is 0 Å². The summed E-state index contributed by atoms with van der Waals surface area (Å²) >= 11 is 1.94. The average Bonchev–Trinajstić information content (AvgIpc) is 2.88. The highest BCUT2D eigenvalue weighted by atomic mass is 32.2. The first-order valence-corrected chi connectivity index (χ1v) is 6.52. The fourth-order valence-electron chi connectivity index (χ4n) is 2.21. The summed E-state index contributed by atoms with van der Waals surface area (Å²) in [6, 6.07) is 0. The van der Waals surface area contributed by atoms with Gasteiger partial charge in [0.2, 0.25) is 0 Å². The molecule has 5 nitrogen and oxygen atoms in total. The first-order chi connectivity index (χ1) is 7.29. The van der Waals surface area contributed by atoms with E-state index in [0.29, 0.717) is 11.3 Å². The molecule has 0 amide bonds. The second kappa shape index (κ2) is 4.49. The zero-order valence-electron chi connectivity index (χ0n) is 9.02. The first kappa shape index (κ1) is 10.9. The highest BCUT2D eigenvalue weighted by Gasteiger charge is 2.34. The molecule has 1 aromatic rings. The van der Waals surface area contributed by atoms with Gasteiger partial charge in [0.1, 0.15) is 0 Å². The number of rotatable bonds is 4. The van der Waals surface area contributed by atoms with Gasteiger partial charge in [0.15, 0.2) is 5.82 Å². The van der Waals surface area contributed by atoms with Crippen LogP contribution in [0, 0.1) is 0 Å². The maximum absolute atomic E-state index is 5.58. The van der Waals surface area contributed by atoms with Gasteiger partial charge in [0.25, 0.3) is 0 Å². The molecule has 0 atom stereocenters. The molecule has 0 radical (unpaired) electrons. The lowest BCUT2D eigenvalue weighted by Crippen LogP contribution is -2.29. The second-order valence-electron chi connectivity index (χ2n) is 4.05. The van der Waals surface area contributed by atoms with Crippen LogP contribution < -0.4 is 5.73 Å². The predicted octanol–water partition coefficient (Wildman–Crippen LogP) is 0.808. The zero-order valence-corrected chi connectivity index (χ0v) is 9.83. The van der Waals surface area contributed by atoms with Crippen LogP contribution in [0.4, 0.5) is 0 Å². The van der Waals surface area contributed by atoms with Crippen LogP contribution in [0.15, 0.2) is 0 Å². The molecule has 0 bridgehead atoms. The Bertz CT molecular complexity index is 318. The monoisotopic (exact) mass is 227 g/mol. The SMILES string of the molecule is CSC1(Cn2nnnc2CN)CCCC1. The van der Waals surface area contributed by atoms with E-state index in [0.717, 1.165) is 12.4 Å². The Morgan fingerprint density at radius 2 is 2.20 bits per heavy atom. The molecule has 1 fully saturated rings. The average molecular weight is 227 g/mol. The van der Waals surface area contributed by atoms with Crippen LogP contribution in [-0.2, 0) is 13.1 Å². The first-order valence-electron chi connectivity index (χ1n) is 5.30. The van der Waals surface area contributed by atoms with Crippen molar-refractivity contribution in [1.29, 1.82) is 0 Å². The van der Waals surface area contributed by atoms with Gasteiger partial charge in [-0.1, -0.05) is 12.8 Å². The molecule has 2 N–H and O–H groups in total. The minimum atomic E-state index is 0.333. The smallest absolute Gasteiger partial charge is 0.164 e. The van der Waals surface area contributed by atoms with Crippen molar-refractivity contribution in [1.82, 2.24) is 20.2 Å². The lowest BCUT2D eigenvalue weighted by Gasteiger charge is -2.26. The van der Waals surface area contributed by atoms with Gasteiger partial charge in [-0.25, -0.2) is 4.68 Å². The summed E-state index contributed by atoms with van der Waals surface area (Å²) in [6.45, 7) is 1.31. The Morgan fingerprint density at radius 1 is 1.47 bits per heavy atom. The van der Waals surface area contributed by atoms with Crippen LogP contribution in [-0.4, -0.2) is 31.2 Å². The summed E-state index contributed by atoms with van der Waals surface area (Å²) in [5, 5.41) is 11.6. The number of nitrogens with zero attached hydrogens (tertiary/aromatic N) is 4. The molecule has 84 valence electrons. The molecule has 6 heteroatoms. The molecule has 0 spiro atoms. The third-order valence-electron chi connectivity index (χ3n) is 3.17. The molecular formula is C9H17N5S. The van der Waals surface area contributed by atoms with Gasteiger partial charge in [-0.05, 0) is 29.5 Å². The van der Waals surface area contributed by atoms with Gasteiger partial charge in [-0.2, -0.15) is 11.8 Å². The third kappa shape index (κ3) is 2.15. The topological polar surface area (TPSA) is 69.6 Å². The lowest BCUT2D eigenvalue weighted by atomic mass is 10.1. The van der Waals surface area contributed by atoms with Gasteiger partial charge < -0.3 is 5.73 Å². The summed E-state index contributed by atoms with van der Waals surface area (Å²) < 4.78 is 2.20. The van der Waals surface area contributed by atoms with Crippen LogP contribution in [0.25, 0.3) is 0 Å². The van der Waals surface area contributed by atoms with Gasteiger partial charge in [-0.15, -0.1) is 5.10 Å². The van der Waals surface area contributed by atoms with Crippen LogP contribution in [0.3, 0.4) is 0 Å². The molecule has 0 aliphatic heterocycles. The van der Waals surface area contributed by atoms with Gasteiger partial charge in [-0.3, -0.25) is 0 Å². The van der Waals surface area contributed by atoms with E-state index in [1.165, 1.54) is 25.7 Å². The maximum atomic E-state index is 5.58. The van der Waals surface area contributed by atoms with Gasteiger partial charge in [0.05, 0.1) is 13.1 Å². The maximum Gasteiger partial charge on any atom is 0.164 e. The minimum Gasteiger partial charge on any atom is -0.324 e. The molecule has 1 saturated carbocycles. The van der Waals surface area contributed by atoms with Crippen molar-refractivity contribution < 1.29 is 0 Å². The summed E-state index contributed by atoms with van der Waals surface area (Å²) in [5.74, 6) is 0.787. The van der Waals surface area contributed by atoms with Crippen LogP contribution in [0.2, 0.25) is 0 Å². The normalized spacial score (nSPS) is 19.6. The predicted molar refractivity (Wildman–Crippen MR) is 60.4 cm³/mol. The fraction of sp³-hybridized carbons (Fsp3) is 0.889. The molecule has 1 heterocycles. The van der Waals surface area contributed by atoms with E-state index in [2.05, 4.69) is 21.8 Å². The number of tetrazole rings is 1. The van der Waals surface area contributed by atoms with Crippen molar-refractivity contribution in [3.63, 3.8) is 0 Å². The summed E-state index contributed by atoms with van der Waals surface area (Å²) in [4.78, 5) is 0. The Balaban J connectivity index is 2.12. The molecular weight excluding hydrogens is 210 g/mol. The Labute approximate surface area is 93.8 Å². The van der Waals surface area contributed by atoms with Crippen molar-refractivity contribution in [2.24, 2.45) is 5.73 Å². The third-order valence-corrected chi connectivity index (χ3v) is 4.58. The van der Waals surface area contributed by atoms with E-state index in [4.69, 9.17) is 5.73 Å². The molecule has 0 unspecified atom stereocenters. The highest BCUT2D eigenvalue weighted by Crippen LogP contribution is 2.41. The quantitative estimate of drug-likeness (QED) is 0.824. The zero-order chi connectivity index (χ0) is 10.7. The van der Waals surface area contributed by atoms with E-state index in [-0.39, 0.29) is 0 Å². The lowest BCUT2D eigenvalue weighted by molar-refractivity contribution is 0.450. The molecule has 0 saturated heterocycles. The molecule has 0 aromatic carbocycles. The van der Waals surface area contributed by atoms with Crippen molar-refractivity contribution in [2.45, 2.75) is 43.5 Å². The molecule has 15 heavy (non-hydrogen) atoms. The summed E-state index contributed by atoms with van der Waals surface area (Å²) in [6.07, 6.45) is 7.34. The molecule has 2 rings (SSSR count). The number of nitrogens with two attached hydrogens (primary N) is 1. The van der Waals surface area contributed by atoms with E-state index in [9.17, 15) is 0 Å². The number of hydrogen-bond donors (Lipinski definition) is 1. The summed E-state index contributed by atoms with van der Waals surface area (Å²) in [5.41, 5.74) is 5.58. The molecule has 1 aliphatic rings. The van der Waals surface area contributed by atoms with Crippen LogP contribution in [0.5, 0.6) is 0 Å². The van der Waals surface area contributed by atoms with E-state index in [1.54, 1.807) is 0 Å². The largest absolute Gasteiger partial charge is 0.324 e. The van der Waals surface area contributed by atoms with Crippen molar-refractivity contribution in [2.75, 3.05) is 6.26 Å². The Kier molecular flexibility index (Phi) is 3.25. The highest BCUT2D eigenvalue weighted by molar-refractivity contribution is 8.00. The van der Waals surface area contributed by atoms with Crippen molar-refractivity contribution >= 4 is 11.8 Å². The van der Waals surface area contributed by atoms with Crippen molar-refractivity contribution in [3.05, 3.63) is 5.82 Å². The van der Waals surface area contributed by atoms with Gasteiger partial charge >= 0.3 is 0 Å². The van der Waals surface area contributed by atoms with Crippen LogP contribution >= 0.6 is 11.8 Å². The fourth-order valence-corrected chi connectivity index (χ4v) is 3.16. The van der Waals surface area contributed by atoms with Gasteiger partial charge in [0, 0.05) is 4.75 Å². The minimum absolute atomic E-state index is 0.333. The summed E-state index contributed by atoms with van der Waals surface area (Å²) in [7, 11) is 0.